The van der Waals surface area contributed by atoms with E-state index in [1.807, 2.05) is 43.3 Å². The van der Waals surface area contributed by atoms with Crippen molar-refractivity contribution in [1.82, 2.24) is 10.3 Å². The van der Waals surface area contributed by atoms with Crippen molar-refractivity contribution in [2.45, 2.75) is 26.2 Å². The number of carbonyl (C=O) groups is 1. The molecule has 0 fully saturated rings. The first-order chi connectivity index (χ1) is 11.2. The van der Waals surface area contributed by atoms with Gasteiger partial charge >= 0.3 is 0 Å². The van der Waals surface area contributed by atoms with Crippen LogP contribution in [0.15, 0.2) is 42.5 Å². The van der Waals surface area contributed by atoms with Crippen LogP contribution in [-0.2, 0) is 11.2 Å². The molecule has 3 rings (SSSR count). The SMILES string of the molecule is CCCNC(=O)CCc1ccc2nc3ccccc3c(N)c2c1. The summed E-state index contributed by atoms with van der Waals surface area (Å²) in [4.78, 5) is 16.4. The third-order valence-corrected chi connectivity index (χ3v) is 4.00. The molecule has 0 saturated heterocycles. The van der Waals surface area contributed by atoms with Crippen LogP contribution in [-0.4, -0.2) is 17.4 Å². The molecular formula is C19H21N3O. The Labute approximate surface area is 135 Å². The molecule has 3 aromatic rings. The Hall–Kier alpha value is -2.62. The molecule has 4 heteroatoms. The molecule has 23 heavy (non-hydrogen) atoms. The number of aromatic nitrogens is 1. The fourth-order valence-electron chi connectivity index (χ4n) is 2.74. The van der Waals surface area contributed by atoms with Gasteiger partial charge in [0.25, 0.3) is 0 Å². The van der Waals surface area contributed by atoms with Gasteiger partial charge in [-0.15, -0.1) is 0 Å². The second-order valence-electron chi connectivity index (χ2n) is 5.74. The first-order valence-corrected chi connectivity index (χ1v) is 8.02. The van der Waals surface area contributed by atoms with Crippen molar-refractivity contribution >= 4 is 33.4 Å². The molecule has 1 amide bonds. The summed E-state index contributed by atoms with van der Waals surface area (Å²) in [5.74, 6) is 0.0940. The van der Waals surface area contributed by atoms with E-state index in [2.05, 4.69) is 16.4 Å². The number of benzene rings is 2. The third-order valence-electron chi connectivity index (χ3n) is 4.00. The van der Waals surface area contributed by atoms with Crippen LogP contribution in [0.4, 0.5) is 5.69 Å². The first kappa shape index (κ1) is 15.3. The van der Waals surface area contributed by atoms with E-state index in [9.17, 15) is 4.79 Å². The van der Waals surface area contributed by atoms with Gasteiger partial charge in [-0.1, -0.05) is 31.2 Å². The predicted octanol–water partition coefficient (Wildman–Crippen LogP) is 3.43. The van der Waals surface area contributed by atoms with E-state index >= 15 is 0 Å². The number of hydrogen-bond acceptors (Lipinski definition) is 3. The van der Waals surface area contributed by atoms with Crippen LogP contribution in [0.3, 0.4) is 0 Å². The van der Waals surface area contributed by atoms with Gasteiger partial charge in [0.15, 0.2) is 0 Å². The Morgan fingerprint density at radius 3 is 2.74 bits per heavy atom. The molecule has 0 spiro atoms. The van der Waals surface area contributed by atoms with Crippen LogP contribution in [0.25, 0.3) is 21.8 Å². The quantitative estimate of drug-likeness (QED) is 0.710. The Morgan fingerprint density at radius 2 is 1.91 bits per heavy atom. The summed E-state index contributed by atoms with van der Waals surface area (Å²) in [6.07, 6.45) is 2.15. The first-order valence-electron chi connectivity index (χ1n) is 8.02. The van der Waals surface area contributed by atoms with Gasteiger partial charge in [0.05, 0.1) is 16.7 Å². The number of nitrogens with two attached hydrogens (primary N) is 1. The number of carbonyl (C=O) groups excluding carboxylic acids is 1. The minimum absolute atomic E-state index is 0.0940. The van der Waals surface area contributed by atoms with Crippen LogP contribution >= 0.6 is 0 Å². The molecule has 0 aliphatic heterocycles. The van der Waals surface area contributed by atoms with E-state index in [0.717, 1.165) is 46.0 Å². The van der Waals surface area contributed by atoms with Crippen molar-refractivity contribution in [1.29, 1.82) is 0 Å². The number of rotatable bonds is 5. The number of aryl methyl sites for hydroxylation is 1. The van der Waals surface area contributed by atoms with Crippen LogP contribution in [0.5, 0.6) is 0 Å². The summed E-state index contributed by atoms with van der Waals surface area (Å²) in [5.41, 5.74) is 9.98. The van der Waals surface area contributed by atoms with E-state index in [4.69, 9.17) is 5.73 Å². The summed E-state index contributed by atoms with van der Waals surface area (Å²) in [6, 6.07) is 13.9. The van der Waals surface area contributed by atoms with Gasteiger partial charge < -0.3 is 11.1 Å². The lowest BCUT2D eigenvalue weighted by molar-refractivity contribution is -0.121. The maximum absolute atomic E-state index is 11.7. The molecule has 0 unspecified atom stereocenters. The maximum Gasteiger partial charge on any atom is 0.220 e. The summed E-state index contributed by atoms with van der Waals surface area (Å²) in [7, 11) is 0. The second kappa shape index (κ2) is 6.65. The Bertz CT molecular complexity index is 858. The summed E-state index contributed by atoms with van der Waals surface area (Å²) in [6.45, 7) is 2.78. The van der Waals surface area contributed by atoms with E-state index in [0.29, 0.717) is 12.8 Å². The molecule has 1 heterocycles. The van der Waals surface area contributed by atoms with Gasteiger partial charge in [0, 0.05) is 23.7 Å². The largest absolute Gasteiger partial charge is 0.398 e. The lowest BCUT2D eigenvalue weighted by Gasteiger charge is -2.09. The van der Waals surface area contributed by atoms with Crippen molar-refractivity contribution < 1.29 is 4.79 Å². The van der Waals surface area contributed by atoms with Crippen LogP contribution in [0.2, 0.25) is 0 Å². The monoisotopic (exact) mass is 307 g/mol. The van der Waals surface area contributed by atoms with Gasteiger partial charge in [-0.3, -0.25) is 4.79 Å². The van der Waals surface area contributed by atoms with Crippen molar-refractivity contribution in [3.8, 4) is 0 Å². The molecule has 1 aromatic heterocycles. The fraction of sp³-hybridized carbons (Fsp3) is 0.263. The Kier molecular flexibility index (Phi) is 4.42. The zero-order valence-corrected chi connectivity index (χ0v) is 13.3. The van der Waals surface area contributed by atoms with E-state index in [1.165, 1.54) is 0 Å². The highest BCUT2D eigenvalue weighted by Crippen LogP contribution is 2.28. The highest BCUT2D eigenvalue weighted by Gasteiger charge is 2.08. The van der Waals surface area contributed by atoms with E-state index in [1.54, 1.807) is 0 Å². The normalized spacial score (nSPS) is 11.0. The molecule has 118 valence electrons. The highest BCUT2D eigenvalue weighted by atomic mass is 16.1. The van der Waals surface area contributed by atoms with Crippen LogP contribution < -0.4 is 11.1 Å². The molecule has 0 aliphatic carbocycles. The number of para-hydroxylation sites is 1. The van der Waals surface area contributed by atoms with Crippen molar-refractivity contribution in [2.75, 3.05) is 12.3 Å². The number of nitrogens with zero attached hydrogens (tertiary/aromatic N) is 1. The van der Waals surface area contributed by atoms with E-state index in [-0.39, 0.29) is 5.91 Å². The average Bonchev–Trinajstić information content (AvgIpc) is 2.58. The number of fused-ring (bicyclic) bond motifs is 2. The summed E-state index contributed by atoms with van der Waals surface area (Å²) >= 11 is 0. The number of amides is 1. The minimum atomic E-state index is 0.0940. The molecule has 0 bridgehead atoms. The number of hydrogen-bond donors (Lipinski definition) is 2. The Balaban J connectivity index is 1.88. The predicted molar refractivity (Wildman–Crippen MR) is 95.3 cm³/mol. The number of pyridine rings is 1. The van der Waals surface area contributed by atoms with Gasteiger partial charge in [0.1, 0.15) is 0 Å². The van der Waals surface area contributed by atoms with Gasteiger partial charge in [-0.2, -0.15) is 0 Å². The third kappa shape index (κ3) is 3.26. The molecule has 0 radical (unpaired) electrons. The second-order valence-corrected chi connectivity index (χ2v) is 5.74. The molecular weight excluding hydrogens is 286 g/mol. The molecule has 3 N–H and O–H groups in total. The molecule has 2 aromatic carbocycles. The number of nitrogen functional groups attached to an aromatic ring is 1. The topological polar surface area (TPSA) is 68.0 Å². The smallest absolute Gasteiger partial charge is 0.220 e. The average molecular weight is 307 g/mol. The lowest BCUT2D eigenvalue weighted by atomic mass is 10.0. The van der Waals surface area contributed by atoms with Gasteiger partial charge in [-0.05, 0) is 36.6 Å². The number of anilines is 1. The number of nitrogens with one attached hydrogen (secondary N) is 1. The Morgan fingerprint density at radius 1 is 1.13 bits per heavy atom. The van der Waals surface area contributed by atoms with Gasteiger partial charge in [-0.25, -0.2) is 4.98 Å². The van der Waals surface area contributed by atoms with Gasteiger partial charge in [0.2, 0.25) is 5.91 Å². The standard InChI is InChI=1S/C19H21N3O/c1-2-11-21-18(23)10-8-13-7-9-17-15(12-13)19(20)14-5-3-4-6-16(14)22-17/h3-7,9,12H,2,8,10-11H2,1H3,(H2,20,22)(H,21,23). The molecule has 4 nitrogen and oxygen atoms in total. The zero-order chi connectivity index (χ0) is 16.2. The lowest BCUT2D eigenvalue weighted by Crippen LogP contribution is -2.24. The molecule has 0 aliphatic rings. The highest BCUT2D eigenvalue weighted by molar-refractivity contribution is 6.06. The van der Waals surface area contributed by atoms with Crippen molar-refractivity contribution in [3.63, 3.8) is 0 Å². The fourth-order valence-corrected chi connectivity index (χ4v) is 2.74. The van der Waals surface area contributed by atoms with E-state index < -0.39 is 0 Å². The van der Waals surface area contributed by atoms with Crippen molar-refractivity contribution in [2.24, 2.45) is 0 Å². The van der Waals surface area contributed by atoms with Crippen molar-refractivity contribution in [3.05, 3.63) is 48.0 Å². The summed E-state index contributed by atoms with van der Waals surface area (Å²) in [5, 5.41) is 4.82. The molecule has 0 atom stereocenters. The molecule has 0 saturated carbocycles. The van der Waals surface area contributed by atoms with Crippen LogP contribution in [0.1, 0.15) is 25.3 Å². The minimum Gasteiger partial charge on any atom is -0.398 e. The zero-order valence-electron chi connectivity index (χ0n) is 13.3. The van der Waals surface area contributed by atoms with Crippen LogP contribution in [0, 0.1) is 0 Å². The maximum atomic E-state index is 11.7. The summed E-state index contributed by atoms with van der Waals surface area (Å²) < 4.78 is 0.